The molecule has 2 rings (SSSR count). The summed E-state index contributed by atoms with van der Waals surface area (Å²) < 4.78 is 1.01. The van der Waals surface area contributed by atoms with Crippen molar-refractivity contribution in [3.05, 3.63) is 46.3 Å². The van der Waals surface area contributed by atoms with Gasteiger partial charge in [0.15, 0.2) is 0 Å². The van der Waals surface area contributed by atoms with E-state index in [9.17, 15) is 4.79 Å². The molecule has 1 heterocycles. The van der Waals surface area contributed by atoms with Gasteiger partial charge in [-0.05, 0) is 44.5 Å². The van der Waals surface area contributed by atoms with E-state index in [1.165, 1.54) is 6.20 Å². The molecule has 1 aromatic carbocycles. The van der Waals surface area contributed by atoms with E-state index < -0.39 is 0 Å². The number of halogens is 1. The van der Waals surface area contributed by atoms with Crippen LogP contribution in [0, 0.1) is 6.92 Å². The number of carbonyl (C=O) groups is 1. The van der Waals surface area contributed by atoms with Crippen LogP contribution in [0.25, 0.3) is 0 Å². The predicted molar refractivity (Wildman–Crippen MR) is 92.4 cm³/mol. The fourth-order valence-corrected chi connectivity index (χ4v) is 2.31. The summed E-state index contributed by atoms with van der Waals surface area (Å²) in [6, 6.07) is 5.65. The Bertz CT molecular complexity index is 654. The predicted octanol–water partition coefficient (Wildman–Crippen LogP) is 3.65. The highest BCUT2D eigenvalue weighted by molar-refractivity contribution is 9.10. The fourth-order valence-electron chi connectivity index (χ4n) is 2.07. The number of nitrogens with one attached hydrogen (secondary N) is 1. The van der Waals surface area contributed by atoms with Crippen LogP contribution in [0.15, 0.2) is 35.1 Å². The van der Waals surface area contributed by atoms with Gasteiger partial charge in [0.1, 0.15) is 11.5 Å². The summed E-state index contributed by atoms with van der Waals surface area (Å²) in [6.45, 7) is 7.80. The Kier molecular flexibility index (Phi) is 5.49. The largest absolute Gasteiger partial charge is 0.356 e. The van der Waals surface area contributed by atoms with Crippen LogP contribution in [-0.2, 0) is 0 Å². The minimum absolute atomic E-state index is 0.264. The van der Waals surface area contributed by atoms with Crippen LogP contribution >= 0.6 is 15.9 Å². The van der Waals surface area contributed by atoms with E-state index in [1.807, 2.05) is 25.1 Å². The monoisotopic (exact) mass is 362 g/mol. The number of carbonyl (C=O) groups excluding carboxylic acids is 1. The Balaban J connectivity index is 2.11. The molecule has 1 aromatic heterocycles. The summed E-state index contributed by atoms with van der Waals surface area (Å²) in [7, 11) is 0. The lowest BCUT2D eigenvalue weighted by Crippen LogP contribution is -2.23. The van der Waals surface area contributed by atoms with Gasteiger partial charge in [-0.15, -0.1) is 0 Å². The number of anilines is 2. The molecule has 0 saturated carbocycles. The average Bonchev–Trinajstić information content (AvgIpc) is 2.53. The molecule has 0 radical (unpaired) electrons. The molecular formula is C16H19BrN4O. The standard InChI is InChI=1S/C16H19BrN4O/c1-4-21(5-2)15-10-18-14(9-19-15)16(22)20-12-6-7-13(17)11(3)8-12/h6-10H,4-5H2,1-3H3,(H,20,22). The van der Waals surface area contributed by atoms with E-state index in [4.69, 9.17) is 0 Å². The zero-order valence-electron chi connectivity index (χ0n) is 12.9. The summed E-state index contributed by atoms with van der Waals surface area (Å²) in [5.41, 5.74) is 2.09. The highest BCUT2D eigenvalue weighted by Gasteiger charge is 2.10. The molecule has 22 heavy (non-hydrogen) atoms. The van der Waals surface area contributed by atoms with Crippen LogP contribution in [0.5, 0.6) is 0 Å². The Morgan fingerprint density at radius 3 is 2.50 bits per heavy atom. The molecule has 2 aromatic rings. The second kappa shape index (κ2) is 7.35. The highest BCUT2D eigenvalue weighted by atomic mass is 79.9. The summed E-state index contributed by atoms with van der Waals surface area (Å²) in [4.78, 5) is 22.8. The summed E-state index contributed by atoms with van der Waals surface area (Å²) in [5, 5.41) is 2.83. The van der Waals surface area contributed by atoms with Gasteiger partial charge in [-0.1, -0.05) is 15.9 Å². The van der Waals surface area contributed by atoms with Gasteiger partial charge in [0.2, 0.25) is 0 Å². The summed E-state index contributed by atoms with van der Waals surface area (Å²) >= 11 is 3.44. The lowest BCUT2D eigenvalue weighted by Gasteiger charge is -2.18. The van der Waals surface area contributed by atoms with Crippen molar-refractivity contribution in [1.82, 2.24) is 9.97 Å². The second-order valence-corrected chi connectivity index (χ2v) is 5.70. The Hall–Kier alpha value is -1.95. The first kappa shape index (κ1) is 16.4. The molecule has 0 aliphatic heterocycles. The van der Waals surface area contributed by atoms with Gasteiger partial charge in [-0.2, -0.15) is 0 Å². The molecule has 0 aliphatic rings. The van der Waals surface area contributed by atoms with E-state index in [0.717, 1.165) is 34.6 Å². The number of hydrogen-bond acceptors (Lipinski definition) is 4. The molecule has 0 unspecified atom stereocenters. The van der Waals surface area contributed by atoms with Gasteiger partial charge in [-0.25, -0.2) is 9.97 Å². The first-order valence-corrected chi connectivity index (χ1v) is 7.99. The van der Waals surface area contributed by atoms with Crippen LogP contribution in [-0.4, -0.2) is 29.0 Å². The summed E-state index contributed by atoms with van der Waals surface area (Å²) in [6.07, 6.45) is 3.14. The third kappa shape index (κ3) is 3.82. The number of aryl methyl sites for hydroxylation is 1. The van der Waals surface area contributed by atoms with E-state index >= 15 is 0 Å². The number of nitrogens with zero attached hydrogens (tertiary/aromatic N) is 3. The second-order valence-electron chi connectivity index (χ2n) is 4.85. The first-order valence-electron chi connectivity index (χ1n) is 7.19. The normalized spacial score (nSPS) is 10.4. The maximum Gasteiger partial charge on any atom is 0.275 e. The molecule has 0 bridgehead atoms. The first-order chi connectivity index (χ1) is 10.5. The van der Waals surface area contributed by atoms with Crippen LogP contribution in [0.2, 0.25) is 0 Å². The fraction of sp³-hybridized carbons (Fsp3) is 0.312. The molecule has 0 spiro atoms. The van der Waals surface area contributed by atoms with Crippen molar-refractivity contribution in [3.8, 4) is 0 Å². The molecule has 1 N–H and O–H groups in total. The molecule has 5 nitrogen and oxygen atoms in total. The van der Waals surface area contributed by atoms with Crippen LogP contribution < -0.4 is 10.2 Å². The van der Waals surface area contributed by atoms with Crippen molar-refractivity contribution in [2.24, 2.45) is 0 Å². The number of rotatable bonds is 5. The third-order valence-corrected chi connectivity index (χ3v) is 4.26. The smallest absolute Gasteiger partial charge is 0.275 e. The number of aromatic nitrogens is 2. The number of hydrogen-bond donors (Lipinski definition) is 1. The van der Waals surface area contributed by atoms with Gasteiger partial charge in [0.05, 0.1) is 12.4 Å². The van der Waals surface area contributed by atoms with E-state index in [0.29, 0.717) is 5.69 Å². The zero-order chi connectivity index (χ0) is 16.1. The Morgan fingerprint density at radius 2 is 1.95 bits per heavy atom. The van der Waals surface area contributed by atoms with E-state index in [1.54, 1.807) is 6.20 Å². The minimum atomic E-state index is -0.264. The zero-order valence-corrected chi connectivity index (χ0v) is 14.5. The average molecular weight is 363 g/mol. The van der Waals surface area contributed by atoms with Crippen molar-refractivity contribution in [1.29, 1.82) is 0 Å². The molecule has 6 heteroatoms. The van der Waals surface area contributed by atoms with Crippen LogP contribution in [0.1, 0.15) is 29.9 Å². The summed E-state index contributed by atoms with van der Waals surface area (Å²) in [5.74, 6) is 0.515. The lowest BCUT2D eigenvalue weighted by molar-refractivity contribution is 0.102. The van der Waals surface area contributed by atoms with Crippen molar-refractivity contribution < 1.29 is 4.79 Å². The molecule has 0 fully saturated rings. The van der Waals surface area contributed by atoms with Gasteiger partial charge >= 0.3 is 0 Å². The maximum atomic E-state index is 12.2. The van der Waals surface area contributed by atoms with Crippen LogP contribution in [0.3, 0.4) is 0 Å². The molecular weight excluding hydrogens is 344 g/mol. The molecule has 0 saturated heterocycles. The number of benzene rings is 1. The van der Waals surface area contributed by atoms with E-state index in [2.05, 4.69) is 50.0 Å². The maximum absolute atomic E-state index is 12.2. The topological polar surface area (TPSA) is 58.1 Å². The Labute approximate surface area is 138 Å². The third-order valence-electron chi connectivity index (χ3n) is 3.37. The molecule has 116 valence electrons. The van der Waals surface area contributed by atoms with E-state index in [-0.39, 0.29) is 5.91 Å². The van der Waals surface area contributed by atoms with Crippen molar-refractivity contribution >= 4 is 33.3 Å². The van der Waals surface area contributed by atoms with Crippen LogP contribution in [0.4, 0.5) is 11.5 Å². The highest BCUT2D eigenvalue weighted by Crippen LogP contribution is 2.20. The van der Waals surface area contributed by atoms with Gasteiger partial charge in [0, 0.05) is 23.2 Å². The van der Waals surface area contributed by atoms with Crippen molar-refractivity contribution in [3.63, 3.8) is 0 Å². The minimum Gasteiger partial charge on any atom is -0.356 e. The molecule has 1 amide bonds. The molecule has 0 atom stereocenters. The lowest BCUT2D eigenvalue weighted by atomic mass is 10.2. The van der Waals surface area contributed by atoms with Gasteiger partial charge in [-0.3, -0.25) is 4.79 Å². The Morgan fingerprint density at radius 1 is 1.23 bits per heavy atom. The van der Waals surface area contributed by atoms with Gasteiger partial charge < -0.3 is 10.2 Å². The van der Waals surface area contributed by atoms with Crippen molar-refractivity contribution in [2.75, 3.05) is 23.3 Å². The molecule has 0 aliphatic carbocycles. The van der Waals surface area contributed by atoms with Crippen molar-refractivity contribution in [2.45, 2.75) is 20.8 Å². The number of amides is 1. The quantitative estimate of drug-likeness (QED) is 0.881. The SMILES string of the molecule is CCN(CC)c1cnc(C(=O)Nc2ccc(Br)c(C)c2)cn1. The van der Waals surface area contributed by atoms with Gasteiger partial charge in [0.25, 0.3) is 5.91 Å².